The van der Waals surface area contributed by atoms with Gasteiger partial charge < -0.3 is 9.80 Å². The first-order chi connectivity index (χ1) is 12.7. The van der Waals surface area contributed by atoms with Crippen LogP contribution in [0.2, 0.25) is 0 Å². The van der Waals surface area contributed by atoms with Gasteiger partial charge in [0.1, 0.15) is 5.82 Å². The molecule has 0 radical (unpaired) electrons. The first-order valence-electron chi connectivity index (χ1n) is 9.02. The predicted octanol–water partition coefficient (Wildman–Crippen LogP) is 1.12. The predicted molar refractivity (Wildman–Crippen MR) is 95.7 cm³/mol. The number of rotatable bonds is 3. The molecule has 2 fully saturated rings. The molecule has 2 aliphatic rings. The van der Waals surface area contributed by atoms with Crippen molar-refractivity contribution < 1.29 is 4.79 Å². The van der Waals surface area contributed by atoms with Crippen molar-refractivity contribution in [2.75, 3.05) is 31.1 Å². The first kappa shape index (κ1) is 15.4. The van der Waals surface area contributed by atoms with Crippen LogP contribution in [0.25, 0.3) is 5.78 Å². The number of aromatic nitrogens is 5. The van der Waals surface area contributed by atoms with Gasteiger partial charge in [0, 0.05) is 62.1 Å². The maximum absolute atomic E-state index is 12.6. The highest BCUT2D eigenvalue weighted by atomic mass is 16.2. The Morgan fingerprint density at radius 1 is 1.15 bits per heavy atom. The molecule has 1 atom stereocenters. The van der Waals surface area contributed by atoms with Gasteiger partial charge >= 0.3 is 0 Å². The zero-order valence-electron chi connectivity index (χ0n) is 14.5. The van der Waals surface area contributed by atoms with Crippen LogP contribution in [0.4, 0.5) is 5.82 Å². The van der Waals surface area contributed by atoms with Crippen LogP contribution in [-0.2, 0) is 11.2 Å². The number of nitrogens with zero attached hydrogens (tertiary/aromatic N) is 6. The van der Waals surface area contributed by atoms with Crippen LogP contribution in [0.5, 0.6) is 0 Å². The van der Waals surface area contributed by atoms with E-state index in [1.165, 1.54) is 0 Å². The second-order valence-electron chi connectivity index (χ2n) is 7.42. The lowest BCUT2D eigenvalue weighted by Gasteiger charge is -2.25. The van der Waals surface area contributed by atoms with Gasteiger partial charge in [-0.15, -0.1) is 0 Å². The van der Waals surface area contributed by atoms with Crippen molar-refractivity contribution in [1.29, 1.82) is 0 Å². The maximum Gasteiger partial charge on any atom is 0.235 e. The number of aromatic amines is 1. The number of amides is 1. The molecule has 134 valence electrons. The zero-order chi connectivity index (χ0) is 17.6. The summed E-state index contributed by atoms with van der Waals surface area (Å²) in [6.07, 6.45) is 9.91. The van der Waals surface area contributed by atoms with Gasteiger partial charge in [0.2, 0.25) is 11.7 Å². The number of imidazole rings is 1. The van der Waals surface area contributed by atoms with Gasteiger partial charge in [0.15, 0.2) is 0 Å². The normalized spacial score (nSPS) is 22.8. The minimum Gasteiger partial charge on any atom is -0.356 e. The Bertz CT molecular complexity index is 934. The molecule has 2 saturated heterocycles. The van der Waals surface area contributed by atoms with Crippen LogP contribution in [-0.4, -0.2) is 61.6 Å². The highest BCUT2D eigenvalue weighted by Crippen LogP contribution is 2.40. The first-order valence-corrected chi connectivity index (χ1v) is 9.02. The van der Waals surface area contributed by atoms with E-state index in [9.17, 15) is 4.79 Å². The molecule has 0 bridgehead atoms. The molecule has 2 aliphatic heterocycles. The number of anilines is 1. The monoisotopic (exact) mass is 351 g/mol. The number of fused-ring (bicyclic) bond motifs is 1. The van der Waals surface area contributed by atoms with Gasteiger partial charge in [-0.1, -0.05) is 0 Å². The number of hydrogen-bond donors (Lipinski definition) is 1. The molecular weight excluding hydrogens is 330 g/mol. The van der Waals surface area contributed by atoms with Crippen LogP contribution in [0.1, 0.15) is 18.5 Å². The van der Waals surface area contributed by atoms with E-state index in [2.05, 4.69) is 25.1 Å². The Morgan fingerprint density at radius 2 is 2.08 bits per heavy atom. The van der Waals surface area contributed by atoms with Crippen LogP contribution >= 0.6 is 0 Å². The molecule has 0 aliphatic carbocycles. The van der Waals surface area contributed by atoms with Crippen molar-refractivity contribution in [2.45, 2.75) is 19.3 Å². The lowest BCUT2D eigenvalue weighted by Crippen LogP contribution is -2.35. The summed E-state index contributed by atoms with van der Waals surface area (Å²) in [5, 5.41) is 6.79. The van der Waals surface area contributed by atoms with Crippen molar-refractivity contribution in [3.63, 3.8) is 0 Å². The highest BCUT2D eigenvalue weighted by Gasteiger charge is 2.45. The van der Waals surface area contributed by atoms with Gasteiger partial charge in [-0.2, -0.15) is 10.1 Å². The number of H-pyrrole nitrogens is 1. The molecule has 5 heterocycles. The molecule has 26 heavy (non-hydrogen) atoms. The minimum atomic E-state index is 0.182. The van der Waals surface area contributed by atoms with E-state index in [1.54, 1.807) is 12.4 Å². The Balaban J connectivity index is 1.27. The molecule has 8 nitrogen and oxygen atoms in total. The molecule has 1 amide bonds. The van der Waals surface area contributed by atoms with Gasteiger partial charge in [0.25, 0.3) is 0 Å². The molecule has 1 spiro atoms. The number of likely N-dealkylation sites (tertiary alicyclic amines) is 1. The van der Waals surface area contributed by atoms with E-state index in [0.29, 0.717) is 6.42 Å². The van der Waals surface area contributed by atoms with Gasteiger partial charge in [-0.05, 0) is 25.0 Å². The van der Waals surface area contributed by atoms with Gasteiger partial charge in [-0.3, -0.25) is 14.3 Å². The molecule has 3 aromatic rings. The smallest absolute Gasteiger partial charge is 0.235 e. The second kappa shape index (κ2) is 5.82. The third-order valence-corrected chi connectivity index (χ3v) is 5.70. The van der Waals surface area contributed by atoms with E-state index < -0.39 is 0 Å². The fourth-order valence-electron chi connectivity index (χ4n) is 4.24. The number of carbonyl (C=O) groups is 1. The van der Waals surface area contributed by atoms with Crippen molar-refractivity contribution in [2.24, 2.45) is 5.41 Å². The standard InChI is InChI=1S/C18H21N7O/c26-16(11-14-1-5-20-22-14)25-9-4-18(13-25)3-8-24(12-18)15-2-7-23-10-6-19-17(23)21-15/h1-2,5-7,10H,3-4,8-9,11-13H2,(H,20,22). The quantitative estimate of drug-likeness (QED) is 0.765. The van der Waals surface area contributed by atoms with Crippen LogP contribution in [0, 0.1) is 5.41 Å². The summed E-state index contributed by atoms with van der Waals surface area (Å²) in [6, 6.07) is 3.91. The third kappa shape index (κ3) is 2.61. The van der Waals surface area contributed by atoms with Crippen LogP contribution in [0.15, 0.2) is 36.9 Å². The van der Waals surface area contributed by atoms with Crippen LogP contribution < -0.4 is 4.90 Å². The number of carbonyl (C=O) groups excluding carboxylic acids is 1. The summed E-state index contributed by atoms with van der Waals surface area (Å²) in [6.45, 7) is 3.60. The minimum absolute atomic E-state index is 0.182. The summed E-state index contributed by atoms with van der Waals surface area (Å²) in [4.78, 5) is 25.8. The van der Waals surface area contributed by atoms with E-state index >= 15 is 0 Å². The molecule has 5 rings (SSSR count). The van der Waals surface area contributed by atoms with Crippen molar-refractivity contribution in [3.05, 3.63) is 42.6 Å². The summed E-state index contributed by atoms with van der Waals surface area (Å²) in [5.41, 5.74) is 1.06. The Hall–Kier alpha value is -2.90. The molecule has 3 aromatic heterocycles. The molecule has 1 N–H and O–H groups in total. The lowest BCUT2D eigenvalue weighted by molar-refractivity contribution is -0.129. The molecular formula is C18H21N7O. The SMILES string of the molecule is O=C(Cc1ccn[nH]1)N1CCC2(CCN(c3ccn4ccnc4n3)C2)C1. The van der Waals surface area contributed by atoms with Crippen LogP contribution in [0.3, 0.4) is 0 Å². The highest BCUT2D eigenvalue weighted by molar-refractivity contribution is 5.78. The largest absolute Gasteiger partial charge is 0.356 e. The fraction of sp³-hybridized carbons (Fsp3) is 0.444. The van der Waals surface area contributed by atoms with E-state index in [1.807, 2.05) is 33.8 Å². The summed E-state index contributed by atoms with van der Waals surface area (Å²) in [5.74, 6) is 1.88. The van der Waals surface area contributed by atoms with Gasteiger partial charge in [-0.25, -0.2) is 4.98 Å². The number of nitrogens with one attached hydrogen (secondary N) is 1. The average molecular weight is 351 g/mol. The topological polar surface area (TPSA) is 82.4 Å². The Kier molecular flexibility index (Phi) is 3.44. The summed E-state index contributed by atoms with van der Waals surface area (Å²) in [7, 11) is 0. The van der Waals surface area contributed by atoms with E-state index in [-0.39, 0.29) is 11.3 Å². The fourth-order valence-corrected chi connectivity index (χ4v) is 4.24. The second-order valence-corrected chi connectivity index (χ2v) is 7.42. The van der Waals surface area contributed by atoms with Crippen molar-refractivity contribution >= 4 is 17.5 Å². The summed E-state index contributed by atoms with van der Waals surface area (Å²) >= 11 is 0. The molecule has 0 aromatic carbocycles. The average Bonchev–Trinajstić information content (AvgIpc) is 3.43. The van der Waals surface area contributed by atoms with E-state index in [0.717, 1.165) is 56.3 Å². The Morgan fingerprint density at radius 3 is 2.96 bits per heavy atom. The zero-order valence-corrected chi connectivity index (χ0v) is 14.5. The third-order valence-electron chi connectivity index (χ3n) is 5.70. The summed E-state index contributed by atoms with van der Waals surface area (Å²) < 4.78 is 1.92. The number of hydrogen-bond acceptors (Lipinski definition) is 5. The lowest BCUT2D eigenvalue weighted by atomic mass is 9.86. The maximum atomic E-state index is 12.6. The van der Waals surface area contributed by atoms with E-state index in [4.69, 9.17) is 0 Å². The molecule has 0 saturated carbocycles. The molecule has 1 unspecified atom stereocenters. The van der Waals surface area contributed by atoms with Crippen molar-refractivity contribution in [1.82, 2.24) is 29.5 Å². The van der Waals surface area contributed by atoms with Gasteiger partial charge in [0.05, 0.1) is 6.42 Å². The Labute approximate surface area is 150 Å². The molecule has 8 heteroatoms. The van der Waals surface area contributed by atoms with Crippen molar-refractivity contribution in [3.8, 4) is 0 Å².